The van der Waals surface area contributed by atoms with Gasteiger partial charge < -0.3 is 14.2 Å². The van der Waals surface area contributed by atoms with Crippen molar-refractivity contribution in [3.8, 4) is 17.1 Å². The van der Waals surface area contributed by atoms with Crippen LogP contribution in [0.4, 0.5) is 0 Å². The number of hydrogen-bond donors (Lipinski definition) is 0. The van der Waals surface area contributed by atoms with Crippen LogP contribution in [0.2, 0.25) is 0 Å². The molecule has 0 aliphatic heterocycles. The first kappa shape index (κ1) is 20.6. The molecule has 4 aromatic carbocycles. The van der Waals surface area contributed by atoms with Gasteiger partial charge in [-0.15, -0.1) is 0 Å². The van der Waals surface area contributed by atoms with Gasteiger partial charge in [-0.2, -0.15) is 0 Å². The molecule has 156 valence electrons. The van der Waals surface area contributed by atoms with Crippen LogP contribution >= 0.6 is 0 Å². The van der Waals surface area contributed by atoms with Gasteiger partial charge in [0.05, 0.1) is 16.4 Å². The Morgan fingerprint density at radius 2 is 1.18 bits per heavy atom. The summed E-state index contributed by atoms with van der Waals surface area (Å²) in [6.07, 6.45) is 2.03. The average Bonchev–Trinajstić information content (AvgIpc) is 3.38. The van der Waals surface area contributed by atoms with Crippen LogP contribution in [-0.4, -0.2) is 9.13 Å². The summed E-state index contributed by atoms with van der Waals surface area (Å²) in [5.41, 5.74) is 7.12. The third-order valence-corrected chi connectivity index (χ3v) is 6.49. The Morgan fingerprint density at radius 3 is 1.91 bits per heavy atom. The van der Waals surface area contributed by atoms with Crippen LogP contribution < -0.4 is 29.0 Å². The fourth-order valence-corrected chi connectivity index (χ4v) is 5.17. The predicted octanol–water partition coefficient (Wildman–Crippen LogP) is 2.77. The summed E-state index contributed by atoms with van der Waals surface area (Å²) in [6.45, 7) is 0. The SMILES string of the molecule is [Li+].[O-]c1cccc2c1c1[nH+]cc3c(c4ccccc4n3-c3ccccc3)c1n2-c1ccccc1. The van der Waals surface area contributed by atoms with Gasteiger partial charge in [-0.05, 0) is 36.4 Å². The topological polar surface area (TPSA) is 47.1 Å². The molecule has 0 saturated heterocycles. The molecule has 0 spiro atoms. The van der Waals surface area contributed by atoms with Crippen molar-refractivity contribution in [2.24, 2.45) is 0 Å². The van der Waals surface area contributed by atoms with Crippen LogP contribution in [0, 0.1) is 0 Å². The van der Waals surface area contributed by atoms with Gasteiger partial charge in [0.25, 0.3) is 0 Å². The van der Waals surface area contributed by atoms with Crippen LogP contribution in [0.15, 0.2) is 109 Å². The van der Waals surface area contributed by atoms with E-state index in [1.54, 1.807) is 6.07 Å². The van der Waals surface area contributed by atoms with Crippen molar-refractivity contribution >= 4 is 43.7 Å². The van der Waals surface area contributed by atoms with E-state index >= 15 is 0 Å². The molecule has 0 bridgehead atoms. The first-order valence-electron chi connectivity index (χ1n) is 11.0. The molecule has 3 heterocycles. The van der Waals surface area contributed by atoms with Crippen molar-refractivity contribution in [3.63, 3.8) is 0 Å². The number of nitrogens with one attached hydrogen (secondary N) is 1. The number of benzene rings is 4. The third kappa shape index (κ3) is 2.77. The maximum absolute atomic E-state index is 13.0. The summed E-state index contributed by atoms with van der Waals surface area (Å²) >= 11 is 0. The minimum Gasteiger partial charge on any atom is -0.872 e. The average molecular weight is 432 g/mol. The van der Waals surface area contributed by atoms with Crippen molar-refractivity contribution in [3.05, 3.63) is 109 Å². The molecule has 0 fully saturated rings. The Bertz CT molecular complexity index is 1820. The van der Waals surface area contributed by atoms with Crippen molar-refractivity contribution in [1.82, 2.24) is 9.13 Å². The fraction of sp³-hybridized carbons (Fsp3) is 0. The van der Waals surface area contributed by atoms with E-state index in [-0.39, 0.29) is 24.6 Å². The minimum atomic E-state index is 0. The third-order valence-electron chi connectivity index (χ3n) is 6.49. The molecule has 5 heteroatoms. The van der Waals surface area contributed by atoms with Crippen molar-refractivity contribution in [2.75, 3.05) is 0 Å². The number of aromatic amines is 1. The van der Waals surface area contributed by atoms with Gasteiger partial charge in [-0.1, -0.05) is 72.5 Å². The molecule has 1 N–H and O–H groups in total. The molecule has 0 unspecified atom stereocenters. The van der Waals surface area contributed by atoms with E-state index in [2.05, 4.69) is 74.8 Å². The quantitative estimate of drug-likeness (QED) is 0.388. The first-order valence-corrected chi connectivity index (χ1v) is 11.0. The van der Waals surface area contributed by atoms with Crippen molar-refractivity contribution in [1.29, 1.82) is 0 Å². The molecule has 4 nitrogen and oxygen atoms in total. The van der Waals surface area contributed by atoms with Gasteiger partial charge in [-0.25, -0.2) is 4.98 Å². The predicted molar refractivity (Wildman–Crippen MR) is 131 cm³/mol. The summed E-state index contributed by atoms with van der Waals surface area (Å²) in [5.74, 6) is 0.0228. The van der Waals surface area contributed by atoms with E-state index in [0.29, 0.717) is 0 Å². The van der Waals surface area contributed by atoms with Gasteiger partial charge in [-0.3, -0.25) is 0 Å². The Kier molecular flexibility index (Phi) is 4.74. The summed E-state index contributed by atoms with van der Waals surface area (Å²) in [4.78, 5) is 3.50. The molecule has 34 heavy (non-hydrogen) atoms. The molecular formula is C29H19LiN3O+. The van der Waals surface area contributed by atoms with E-state index in [0.717, 1.165) is 55.1 Å². The van der Waals surface area contributed by atoms with Crippen LogP contribution in [-0.2, 0) is 0 Å². The van der Waals surface area contributed by atoms with Crippen LogP contribution in [0.25, 0.3) is 55.1 Å². The van der Waals surface area contributed by atoms with E-state index in [9.17, 15) is 5.11 Å². The number of H-pyrrole nitrogens is 1. The van der Waals surface area contributed by atoms with E-state index in [1.165, 1.54) is 0 Å². The molecule has 0 amide bonds. The monoisotopic (exact) mass is 432 g/mol. The Labute approximate surface area is 207 Å². The Hall–Kier alpha value is -3.97. The number of para-hydroxylation sites is 3. The Morgan fingerprint density at radius 1 is 0.559 bits per heavy atom. The number of nitrogens with zero attached hydrogens (tertiary/aromatic N) is 2. The van der Waals surface area contributed by atoms with Gasteiger partial charge in [0, 0.05) is 22.1 Å². The van der Waals surface area contributed by atoms with Crippen LogP contribution in [0.1, 0.15) is 0 Å². The molecule has 0 aliphatic rings. The largest absolute Gasteiger partial charge is 1.00 e. The van der Waals surface area contributed by atoms with E-state index in [4.69, 9.17) is 0 Å². The molecular weight excluding hydrogens is 413 g/mol. The normalized spacial score (nSPS) is 11.4. The maximum atomic E-state index is 13.0. The summed E-state index contributed by atoms with van der Waals surface area (Å²) in [6, 6.07) is 34.6. The molecule has 0 saturated carbocycles. The summed E-state index contributed by atoms with van der Waals surface area (Å²) < 4.78 is 4.50. The van der Waals surface area contributed by atoms with Crippen molar-refractivity contribution < 1.29 is 29.0 Å². The van der Waals surface area contributed by atoms with Gasteiger partial charge in [0.2, 0.25) is 5.52 Å². The molecule has 0 aliphatic carbocycles. The van der Waals surface area contributed by atoms with Crippen LogP contribution in [0.5, 0.6) is 5.75 Å². The number of pyridine rings is 1. The van der Waals surface area contributed by atoms with Gasteiger partial charge in [0.1, 0.15) is 11.0 Å². The number of aromatic nitrogens is 3. The number of rotatable bonds is 2. The second-order valence-electron chi connectivity index (χ2n) is 8.28. The first-order chi connectivity index (χ1) is 16.3. The number of hydrogen-bond acceptors (Lipinski definition) is 1. The fourth-order valence-electron chi connectivity index (χ4n) is 5.17. The zero-order valence-electron chi connectivity index (χ0n) is 18.7. The second kappa shape index (κ2) is 7.81. The van der Waals surface area contributed by atoms with E-state index in [1.807, 2.05) is 42.6 Å². The van der Waals surface area contributed by atoms with Crippen molar-refractivity contribution in [2.45, 2.75) is 0 Å². The maximum Gasteiger partial charge on any atom is 1.00 e. The molecule has 7 rings (SSSR count). The number of fused-ring (bicyclic) bond motifs is 7. The standard InChI is InChI=1S/C29H19N3O.Li/c33-25-17-9-16-23-27(25)28-29(32(23)20-12-5-2-6-13-20)26-21-14-7-8-15-22(21)31(24(26)18-30-28)19-10-3-1-4-11-19;/h1-18,33H;/q;+1. The van der Waals surface area contributed by atoms with E-state index < -0.39 is 0 Å². The minimum absolute atomic E-state index is 0. The molecule has 0 radical (unpaired) electrons. The zero-order chi connectivity index (χ0) is 21.9. The van der Waals surface area contributed by atoms with Gasteiger partial charge >= 0.3 is 18.9 Å². The van der Waals surface area contributed by atoms with Crippen LogP contribution in [0.3, 0.4) is 0 Å². The van der Waals surface area contributed by atoms with Gasteiger partial charge in [0.15, 0.2) is 6.20 Å². The molecule has 7 aromatic rings. The molecule has 3 aromatic heterocycles. The zero-order valence-corrected chi connectivity index (χ0v) is 18.7. The second-order valence-corrected chi connectivity index (χ2v) is 8.28. The smallest absolute Gasteiger partial charge is 0.872 e. The Balaban J connectivity index is 0.00000217. The summed E-state index contributed by atoms with van der Waals surface area (Å²) in [7, 11) is 0. The molecule has 0 atom stereocenters. The summed E-state index contributed by atoms with van der Waals surface area (Å²) in [5, 5.41) is 16.0.